The average molecular weight is 363 g/mol. The molecule has 0 radical (unpaired) electrons. The monoisotopic (exact) mass is 362 g/mol. The van der Waals surface area contributed by atoms with Crippen LogP contribution in [0.5, 0.6) is 17.2 Å². The fourth-order valence-corrected chi connectivity index (χ4v) is 2.54. The Balaban J connectivity index is 2.20. The van der Waals surface area contributed by atoms with Gasteiger partial charge in [0.2, 0.25) is 0 Å². The number of amides is 1. The average Bonchev–Trinajstić information content (AvgIpc) is 2.61. The molecule has 0 saturated heterocycles. The van der Waals surface area contributed by atoms with Gasteiger partial charge in [0.15, 0.2) is 0 Å². The Morgan fingerprint density at radius 1 is 1.08 bits per heavy atom. The van der Waals surface area contributed by atoms with Crippen LogP contribution in [0.3, 0.4) is 0 Å². The van der Waals surface area contributed by atoms with Crippen molar-refractivity contribution in [3.8, 4) is 17.2 Å². The Labute approximate surface area is 151 Å². The summed E-state index contributed by atoms with van der Waals surface area (Å²) < 4.78 is 15.8. The van der Waals surface area contributed by atoms with E-state index in [9.17, 15) is 4.79 Å². The lowest BCUT2D eigenvalue weighted by Gasteiger charge is -2.12. The fraction of sp³-hybridized carbons (Fsp3) is 0.222. The highest BCUT2D eigenvalue weighted by atomic mass is 35.5. The molecule has 0 atom stereocenters. The lowest BCUT2D eigenvalue weighted by molar-refractivity contribution is 0.0952. The molecule has 0 aliphatic heterocycles. The summed E-state index contributed by atoms with van der Waals surface area (Å²) in [5.74, 6) is 1.31. The summed E-state index contributed by atoms with van der Waals surface area (Å²) in [6, 6.07) is 8.38. The van der Waals surface area contributed by atoms with E-state index in [1.807, 2.05) is 6.92 Å². The van der Waals surface area contributed by atoms with E-state index in [1.165, 1.54) is 19.4 Å². The van der Waals surface area contributed by atoms with Gasteiger partial charge >= 0.3 is 0 Å². The summed E-state index contributed by atoms with van der Waals surface area (Å²) in [6.45, 7) is 1.88. The summed E-state index contributed by atoms with van der Waals surface area (Å²) >= 11 is 5.93. The Morgan fingerprint density at radius 2 is 1.76 bits per heavy atom. The maximum absolute atomic E-state index is 12.3. The van der Waals surface area contributed by atoms with Crippen molar-refractivity contribution in [3.63, 3.8) is 0 Å². The molecule has 1 N–H and O–H groups in total. The van der Waals surface area contributed by atoms with Crippen LogP contribution in [0.25, 0.3) is 0 Å². The lowest BCUT2D eigenvalue weighted by Crippen LogP contribution is -2.18. The van der Waals surface area contributed by atoms with Crippen LogP contribution in [0.15, 0.2) is 35.4 Å². The molecule has 0 heterocycles. The quantitative estimate of drug-likeness (QED) is 0.631. The zero-order valence-corrected chi connectivity index (χ0v) is 15.2. The first-order valence-electron chi connectivity index (χ1n) is 7.40. The summed E-state index contributed by atoms with van der Waals surface area (Å²) in [4.78, 5) is 12.3. The van der Waals surface area contributed by atoms with Gasteiger partial charge in [0.1, 0.15) is 17.2 Å². The molecule has 2 rings (SSSR count). The normalized spacial score (nSPS) is 10.6. The zero-order valence-electron chi connectivity index (χ0n) is 14.4. The van der Waals surface area contributed by atoms with E-state index in [2.05, 4.69) is 10.5 Å². The van der Waals surface area contributed by atoms with Crippen molar-refractivity contribution in [2.24, 2.45) is 5.10 Å². The Bertz CT molecular complexity index is 806. The second kappa shape index (κ2) is 8.39. The van der Waals surface area contributed by atoms with Crippen LogP contribution in [0.2, 0.25) is 5.02 Å². The van der Waals surface area contributed by atoms with Gasteiger partial charge in [-0.1, -0.05) is 11.6 Å². The molecule has 2 aromatic carbocycles. The molecule has 132 valence electrons. The minimum Gasteiger partial charge on any atom is -0.496 e. The SMILES string of the molecule is COc1ccc(Cl)cc1C(=O)N/N=C/c1ccc(OC)c(C)c1OC. The van der Waals surface area contributed by atoms with Gasteiger partial charge in [-0.3, -0.25) is 4.79 Å². The van der Waals surface area contributed by atoms with Gasteiger partial charge in [-0.25, -0.2) is 5.43 Å². The standard InChI is InChI=1S/C18H19ClN2O4/c1-11-15(23-2)7-5-12(17(11)25-4)10-20-21-18(22)14-9-13(19)6-8-16(14)24-3/h5-10H,1-4H3,(H,21,22)/b20-10+. The Kier molecular flexibility index (Phi) is 6.25. The first-order chi connectivity index (χ1) is 12.0. The van der Waals surface area contributed by atoms with E-state index in [-0.39, 0.29) is 0 Å². The van der Waals surface area contributed by atoms with Crippen LogP contribution < -0.4 is 19.6 Å². The van der Waals surface area contributed by atoms with Crippen LogP contribution >= 0.6 is 11.6 Å². The van der Waals surface area contributed by atoms with Gasteiger partial charge in [-0.05, 0) is 37.3 Å². The van der Waals surface area contributed by atoms with Crippen molar-refractivity contribution >= 4 is 23.7 Å². The van der Waals surface area contributed by atoms with E-state index in [4.69, 9.17) is 25.8 Å². The van der Waals surface area contributed by atoms with Gasteiger partial charge in [-0.15, -0.1) is 0 Å². The number of nitrogens with zero attached hydrogens (tertiary/aromatic N) is 1. The van der Waals surface area contributed by atoms with E-state index in [0.29, 0.717) is 33.4 Å². The number of halogens is 1. The molecule has 1 amide bonds. The maximum Gasteiger partial charge on any atom is 0.275 e. The summed E-state index contributed by atoms with van der Waals surface area (Å²) in [6.07, 6.45) is 1.50. The van der Waals surface area contributed by atoms with E-state index < -0.39 is 5.91 Å². The van der Waals surface area contributed by atoms with Crippen molar-refractivity contribution in [2.75, 3.05) is 21.3 Å². The molecule has 6 nitrogen and oxygen atoms in total. The van der Waals surface area contributed by atoms with Gasteiger partial charge < -0.3 is 14.2 Å². The third-order valence-corrected chi connectivity index (χ3v) is 3.82. The summed E-state index contributed by atoms with van der Waals surface area (Å²) in [5.41, 5.74) is 4.30. The van der Waals surface area contributed by atoms with Gasteiger partial charge in [-0.2, -0.15) is 5.10 Å². The molecule has 7 heteroatoms. The molecular formula is C18H19ClN2O4. The molecule has 0 unspecified atom stereocenters. The van der Waals surface area contributed by atoms with Crippen molar-refractivity contribution in [1.82, 2.24) is 5.43 Å². The van der Waals surface area contributed by atoms with E-state index >= 15 is 0 Å². The molecular weight excluding hydrogens is 344 g/mol. The molecule has 0 saturated carbocycles. The molecule has 0 spiro atoms. The molecule has 25 heavy (non-hydrogen) atoms. The van der Waals surface area contributed by atoms with Crippen molar-refractivity contribution in [3.05, 3.63) is 52.0 Å². The van der Waals surface area contributed by atoms with E-state index in [1.54, 1.807) is 38.5 Å². The van der Waals surface area contributed by atoms with Gasteiger partial charge in [0.05, 0.1) is 33.1 Å². The zero-order chi connectivity index (χ0) is 18.4. The minimum atomic E-state index is -0.431. The van der Waals surface area contributed by atoms with Crippen LogP contribution in [-0.2, 0) is 0 Å². The molecule has 0 bridgehead atoms. The second-order valence-corrected chi connectivity index (χ2v) is 5.50. The van der Waals surface area contributed by atoms with Crippen molar-refractivity contribution in [2.45, 2.75) is 6.92 Å². The third kappa shape index (κ3) is 4.22. The third-order valence-electron chi connectivity index (χ3n) is 3.59. The van der Waals surface area contributed by atoms with Crippen LogP contribution in [0, 0.1) is 6.92 Å². The number of methoxy groups -OCH3 is 3. The van der Waals surface area contributed by atoms with Crippen LogP contribution in [-0.4, -0.2) is 33.5 Å². The van der Waals surface area contributed by atoms with Crippen LogP contribution in [0.1, 0.15) is 21.5 Å². The first-order valence-corrected chi connectivity index (χ1v) is 7.78. The van der Waals surface area contributed by atoms with Crippen molar-refractivity contribution in [1.29, 1.82) is 0 Å². The molecule has 0 fully saturated rings. The van der Waals surface area contributed by atoms with Gasteiger partial charge in [0.25, 0.3) is 5.91 Å². The van der Waals surface area contributed by atoms with Crippen molar-refractivity contribution < 1.29 is 19.0 Å². The Morgan fingerprint density at radius 3 is 2.40 bits per heavy atom. The maximum atomic E-state index is 12.3. The second-order valence-electron chi connectivity index (χ2n) is 5.06. The smallest absolute Gasteiger partial charge is 0.275 e. The number of benzene rings is 2. The number of hydrogen-bond donors (Lipinski definition) is 1. The van der Waals surface area contributed by atoms with Crippen LogP contribution in [0.4, 0.5) is 0 Å². The highest BCUT2D eigenvalue weighted by molar-refractivity contribution is 6.31. The largest absolute Gasteiger partial charge is 0.496 e. The van der Waals surface area contributed by atoms with E-state index in [0.717, 1.165) is 5.56 Å². The molecule has 0 aliphatic carbocycles. The highest BCUT2D eigenvalue weighted by Crippen LogP contribution is 2.30. The summed E-state index contributed by atoms with van der Waals surface area (Å²) in [5, 5.41) is 4.42. The number of carbonyl (C=O) groups excluding carboxylic acids is 1. The first kappa shape index (κ1) is 18.6. The topological polar surface area (TPSA) is 69.2 Å². The number of carbonyl (C=O) groups is 1. The number of rotatable bonds is 6. The van der Waals surface area contributed by atoms with Gasteiger partial charge in [0, 0.05) is 16.1 Å². The molecule has 0 aromatic heterocycles. The Hall–Kier alpha value is -2.73. The number of hydrazone groups is 1. The molecule has 0 aliphatic rings. The fourth-order valence-electron chi connectivity index (χ4n) is 2.37. The lowest BCUT2D eigenvalue weighted by atomic mass is 10.1. The minimum absolute atomic E-state index is 0.296. The predicted octanol–water partition coefficient (Wildman–Crippen LogP) is 3.44. The number of hydrogen-bond acceptors (Lipinski definition) is 5. The highest BCUT2D eigenvalue weighted by Gasteiger charge is 2.13. The molecule has 2 aromatic rings. The number of ether oxygens (including phenoxy) is 3. The number of nitrogens with one attached hydrogen (secondary N) is 1. The summed E-state index contributed by atoms with van der Waals surface area (Å²) in [7, 11) is 4.64. The predicted molar refractivity (Wildman–Crippen MR) is 97.3 cm³/mol.